The van der Waals surface area contributed by atoms with Crippen LogP contribution in [0.3, 0.4) is 0 Å². The number of aromatic nitrogens is 2. The second-order valence-corrected chi connectivity index (χ2v) is 7.91. The Morgan fingerprint density at radius 3 is 3.04 bits per heavy atom. The van der Waals surface area contributed by atoms with Crippen molar-refractivity contribution in [1.82, 2.24) is 14.7 Å². The minimum absolute atomic E-state index is 0.285. The molecule has 0 aliphatic carbocycles. The van der Waals surface area contributed by atoms with E-state index in [1.807, 2.05) is 31.2 Å². The Hall–Kier alpha value is -2.32. The molecule has 7 nitrogen and oxygen atoms in total. The van der Waals surface area contributed by atoms with Crippen molar-refractivity contribution in [2.45, 2.75) is 18.6 Å². The number of hydrogen-bond donors (Lipinski definition) is 0. The van der Waals surface area contributed by atoms with Crippen molar-refractivity contribution in [1.29, 1.82) is 0 Å². The molecule has 0 bridgehead atoms. The van der Waals surface area contributed by atoms with Crippen molar-refractivity contribution < 1.29 is 9.53 Å². The van der Waals surface area contributed by atoms with Gasteiger partial charge in [0.15, 0.2) is 11.0 Å². The summed E-state index contributed by atoms with van der Waals surface area (Å²) in [5.74, 6) is 1.25. The van der Waals surface area contributed by atoms with Crippen LogP contribution in [0.1, 0.15) is 18.9 Å². The molecular weight excluding hydrogens is 386 g/mol. The van der Waals surface area contributed by atoms with Crippen molar-refractivity contribution in [3.8, 4) is 5.69 Å². The van der Waals surface area contributed by atoms with Gasteiger partial charge < -0.3 is 9.64 Å². The summed E-state index contributed by atoms with van der Waals surface area (Å²) in [7, 11) is 1.39. The van der Waals surface area contributed by atoms with Gasteiger partial charge in [0.05, 0.1) is 24.6 Å². The molecule has 2 aromatic rings. The van der Waals surface area contributed by atoms with Gasteiger partial charge in [-0.05, 0) is 31.5 Å². The zero-order valence-electron chi connectivity index (χ0n) is 14.9. The third-order valence-electron chi connectivity index (χ3n) is 4.34. The maximum atomic E-state index is 11.9. The van der Waals surface area contributed by atoms with Crippen LogP contribution >= 0.6 is 23.4 Å². The lowest BCUT2D eigenvalue weighted by atomic mass is 10.2. The fraction of sp³-hybridized carbons (Fsp3) is 0.333. The molecule has 9 heteroatoms. The van der Waals surface area contributed by atoms with Gasteiger partial charge in [-0.2, -0.15) is 5.10 Å². The van der Waals surface area contributed by atoms with Gasteiger partial charge in [0.25, 0.3) is 0 Å². The fourth-order valence-corrected chi connectivity index (χ4v) is 4.18. The van der Waals surface area contributed by atoms with Gasteiger partial charge in [-0.1, -0.05) is 29.4 Å². The van der Waals surface area contributed by atoms with E-state index in [4.69, 9.17) is 26.3 Å². The number of ether oxygens (including phenoxy) is 1. The number of carbonyl (C=O) groups is 1. The topological polar surface area (TPSA) is 72.1 Å². The van der Waals surface area contributed by atoms with Crippen LogP contribution in [-0.2, 0) is 9.53 Å². The highest BCUT2D eigenvalue weighted by Gasteiger charge is 2.33. The molecule has 3 heterocycles. The molecule has 0 radical (unpaired) electrons. The predicted octanol–water partition coefficient (Wildman–Crippen LogP) is 3.27. The van der Waals surface area contributed by atoms with Crippen LogP contribution < -0.4 is 0 Å². The molecule has 0 N–H and O–H groups in total. The van der Waals surface area contributed by atoms with Crippen LogP contribution in [0.4, 0.5) is 5.82 Å². The first-order valence-corrected chi connectivity index (χ1v) is 9.83. The van der Waals surface area contributed by atoms with Crippen molar-refractivity contribution in [2.24, 2.45) is 9.98 Å². The summed E-state index contributed by atoms with van der Waals surface area (Å²) < 4.78 is 6.60. The summed E-state index contributed by atoms with van der Waals surface area (Å²) in [6.45, 7) is 3.38. The highest BCUT2D eigenvalue weighted by Crippen LogP contribution is 2.34. The number of benzene rings is 1. The van der Waals surface area contributed by atoms with Crippen molar-refractivity contribution in [2.75, 3.05) is 20.2 Å². The Balaban J connectivity index is 1.79. The van der Waals surface area contributed by atoms with Crippen molar-refractivity contribution in [3.63, 3.8) is 0 Å². The van der Waals surface area contributed by atoms with Crippen LogP contribution in [-0.4, -0.2) is 57.1 Å². The molecule has 0 saturated carbocycles. The quantitative estimate of drug-likeness (QED) is 0.735. The molecule has 1 atom stereocenters. The van der Waals surface area contributed by atoms with Gasteiger partial charge >= 0.3 is 5.97 Å². The number of aliphatic imine (C=N–C) groups is 2. The third kappa shape index (κ3) is 3.35. The van der Waals surface area contributed by atoms with Crippen molar-refractivity contribution in [3.05, 3.63) is 41.0 Å². The van der Waals surface area contributed by atoms with Crippen LogP contribution in [0.2, 0.25) is 5.02 Å². The molecule has 27 heavy (non-hydrogen) atoms. The van der Waals surface area contributed by atoms with Gasteiger partial charge in [0.1, 0.15) is 11.1 Å². The summed E-state index contributed by atoms with van der Waals surface area (Å²) in [5, 5.41) is 5.49. The Labute approximate surface area is 166 Å². The van der Waals surface area contributed by atoms with Gasteiger partial charge in [-0.15, -0.1) is 0 Å². The first-order chi connectivity index (χ1) is 13.1. The van der Waals surface area contributed by atoms with E-state index in [0.717, 1.165) is 41.8 Å². The lowest BCUT2D eigenvalue weighted by Gasteiger charge is -2.33. The maximum Gasteiger partial charge on any atom is 0.318 e. The molecule has 1 aromatic carbocycles. The molecule has 0 unspecified atom stereocenters. The fourth-order valence-electron chi connectivity index (χ4n) is 3.04. The number of carbonyl (C=O) groups excluding carboxylic acids is 1. The number of nitrogens with zero attached hydrogens (tertiary/aromatic N) is 5. The SMILES string of the molecule is COC(=O)[C@@H](C)SC1=Nc2c(cnn2-c2cccc(Cl)c2)C2=NCCCN12. The molecule has 0 saturated heterocycles. The normalized spacial score (nSPS) is 16.8. The first-order valence-electron chi connectivity index (χ1n) is 8.58. The van der Waals surface area contributed by atoms with E-state index in [-0.39, 0.29) is 11.2 Å². The first kappa shape index (κ1) is 18.1. The smallest absolute Gasteiger partial charge is 0.318 e. The van der Waals surface area contributed by atoms with E-state index in [0.29, 0.717) is 10.8 Å². The standard InChI is InChI=1S/C18H18ClN5O2S/c1-11(17(25)26-2)27-18-22-16-14(15-20-7-4-8-23(15)18)10-21-24(16)13-6-3-5-12(19)9-13/h3,5-6,9-11H,4,7-8H2,1-2H3/t11-/m1/s1. The second-order valence-electron chi connectivity index (χ2n) is 6.16. The number of amidine groups is 2. The average Bonchev–Trinajstić information content (AvgIpc) is 3.11. The number of fused-ring (bicyclic) bond motifs is 3. The zero-order chi connectivity index (χ0) is 19.0. The van der Waals surface area contributed by atoms with E-state index in [1.54, 1.807) is 10.9 Å². The molecule has 0 spiro atoms. The van der Waals surface area contributed by atoms with Gasteiger partial charge in [0.2, 0.25) is 0 Å². The zero-order valence-corrected chi connectivity index (χ0v) is 16.5. The van der Waals surface area contributed by atoms with Crippen LogP contribution in [0.5, 0.6) is 0 Å². The second kappa shape index (κ2) is 7.36. The molecule has 2 aliphatic rings. The van der Waals surface area contributed by atoms with E-state index in [1.165, 1.54) is 18.9 Å². The largest absolute Gasteiger partial charge is 0.468 e. The van der Waals surface area contributed by atoms with E-state index < -0.39 is 0 Å². The molecule has 2 aliphatic heterocycles. The Kier molecular flexibility index (Phi) is 4.92. The lowest BCUT2D eigenvalue weighted by Crippen LogP contribution is -2.42. The number of hydrogen-bond acceptors (Lipinski definition) is 7. The summed E-state index contributed by atoms with van der Waals surface area (Å²) in [6, 6.07) is 7.45. The predicted molar refractivity (Wildman–Crippen MR) is 107 cm³/mol. The van der Waals surface area contributed by atoms with Crippen molar-refractivity contribution >= 4 is 46.2 Å². The summed E-state index contributed by atoms with van der Waals surface area (Å²) in [6.07, 6.45) is 2.72. The molecule has 1 aromatic heterocycles. The third-order valence-corrected chi connectivity index (χ3v) is 5.65. The summed E-state index contributed by atoms with van der Waals surface area (Å²) in [5.41, 5.74) is 1.70. The number of esters is 1. The monoisotopic (exact) mass is 403 g/mol. The summed E-state index contributed by atoms with van der Waals surface area (Å²) in [4.78, 5) is 23.5. The number of thioether (sulfide) groups is 1. The van der Waals surface area contributed by atoms with Crippen LogP contribution in [0.15, 0.2) is 40.4 Å². The van der Waals surface area contributed by atoms with E-state index in [9.17, 15) is 4.79 Å². The van der Waals surface area contributed by atoms with Gasteiger partial charge in [-0.3, -0.25) is 9.79 Å². The molecule has 0 fully saturated rings. The highest BCUT2D eigenvalue weighted by atomic mass is 35.5. The minimum Gasteiger partial charge on any atom is -0.468 e. The average molecular weight is 404 g/mol. The number of methoxy groups -OCH3 is 1. The lowest BCUT2D eigenvalue weighted by molar-refractivity contribution is -0.139. The maximum absolute atomic E-state index is 11.9. The number of rotatable bonds is 3. The van der Waals surface area contributed by atoms with Crippen LogP contribution in [0.25, 0.3) is 5.69 Å². The minimum atomic E-state index is -0.374. The molecule has 4 rings (SSSR count). The molecular formula is C18H18ClN5O2S. The Bertz CT molecular complexity index is 955. The van der Waals surface area contributed by atoms with Crippen LogP contribution in [0, 0.1) is 0 Å². The molecule has 140 valence electrons. The van der Waals surface area contributed by atoms with E-state index in [2.05, 4.69) is 10.00 Å². The number of halogens is 1. The Morgan fingerprint density at radius 2 is 2.26 bits per heavy atom. The highest BCUT2D eigenvalue weighted by molar-refractivity contribution is 8.14. The summed E-state index contributed by atoms with van der Waals surface area (Å²) >= 11 is 7.51. The van der Waals surface area contributed by atoms with Gasteiger partial charge in [-0.25, -0.2) is 9.67 Å². The Morgan fingerprint density at radius 1 is 1.41 bits per heavy atom. The van der Waals surface area contributed by atoms with E-state index >= 15 is 0 Å². The molecule has 0 amide bonds. The van der Waals surface area contributed by atoms with Gasteiger partial charge in [0, 0.05) is 18.1 Å².